The van der Waals surface area contributed by atoms with E-state index in [4.69, 9.17) is 9.47 Å². The Labute approximate surface area is 144 Å². The lowest BCUT2D eigenvalue weighted by atomic mass is 10.1. The zero-order valence-electron chi connectivity index (χ0n) is 13.5. The van der Waals surface area contributed by atoms with Crippen LogP contribution in [0, 0.1) is 6.92 Å². The number of carbonyl (C=O) groups excluding carboxylic acids is 1. The topological polar surface area (TPSA) is 48.4 Å². The Balaban J connectivity index is 1.67. The first-order valence-corrected chi connectivity index (χ1v) is 8.36. The second kappa shape index (κ2) is 7.27. The van der Waals surface area contributed by atoms with Crippen LogP contribution in [0.5, 0.6) is 5.75 Å². The highest BCUT2D eigenvalue weighted by atomic mass is 32.1. The minimum absolute atomic E-state index is 0.160. The van der Waals surface area contributed by atoms with E-state index in [2.05, 4.69) is 4.98 Å². The van der Waals surface area contributed by atoms with E-state index in [-0.39, 0.29) is 12.6 Å². The number of aryl methyl sites for hydroxylation is 1. The Bertz CT molecular complexity index is 857. The summed E-state index contributed by atoms with van der Waals surface area (Å²) < 4.78 is 10.6. The van der Waals surface area contributed by atoms with Gasteiger partial charge in [0.2, 0.25) is 0 Å². The van der Waals surface area contributed by atoms with Crippen LogP contribution in [0.1, 0.15) is 21.6 Å². The minimum Gasteiger partial charge on any atom is -0.497 e. The molecule has 0 atom stereocenters. The number of esters is 1. The monoisotopic (exact) mass is 339 g/mol. The molecule has 0 saturated carbocycles. The summed E-state index contributed by atoms with van der Waals surface area (Å²) in [6.45, 7) is 2.10. The first-order chi connectivity index (χ1) is 11.7. The van der Waals surface area contributed by atoms with Gasteiger partial charge < -0.3 is 9.47 Å². The number of hydrogen-bond donors (Lipinski definition) is 0. The third-order valence-corrected chi connectivity index (χ3v) is 4.41. The highest BCUT2D eigenvalue weighted by Crippen LogP contribution is 2.27. The molecule has 3 rings (SSSR count). The van der Waals surface area contributed by atoms with Gasteiger partial charge in [0.15, 0.2) is 0 Å². The van der Waals surface area contributed by atoms with Gasteiger partial charge in [-0.1, -0.05) is 29.8 Å². The van der Waals surface area contributed by atoms with Crippen LogP contribution in [-0.4, -0.2) is 18.1 Å². The third-order valence-electron chi connectivity index (χ3n) is 3.47. The van der Waals surface area contributed by atoms with Gasteiger partial charge in [0.25, 0.3) is 0 Å². The fourth-order valence-electron chi connectivity index (χ4n) is 2.26. The Morgan fingerprint density at radius 3 is 2.79 bits per heavy atom. The average Bonchev–Trinajstić information content (AvgIpc) is 3.09. The zero-order valence-corrected chi connectivity index (χ0v) is 14.3. The van der Waals surface area contributed by atoms with Gasteiger partial charge in [-0.15, -0.1) is 11.3 Å². The predicted molar refractivity (Wildman–Crippen MR) is 94.4 cm³/mol. The van der Waals surface area contributed by atoms with Crippen molar-refractivity contribution >= 4 is 17.3 Å². The van der Waals surface area contributed by atoms with E-state index in [0.29, 0.717) is 5.56 Å². The van der Waals surface area contributed by atoms with Gasteiger partial charge in [-0.3, -0.25) is 0 Å². The van der Waals surface area contributed by atoms with Crippen molar-refractivity contribution in [3.8, 4) is 16.3 Å². The summed E-state index contributed by atoms with van der Waals surface area (Å²) in [7, 11) is 1.64. The molecule has 1 aromatic heterocycles. The maximum Gasteiger partial charge on any atom is 0.338 e. The lowest BCUT2D eigenvalue weighted by molar-refractivity contribution is 0.0468. The molecule has 0 N–H and O–H groups in total. The van der Waals surface area contributed by atoms with Crippen LogP contribution in [0.15, 0.2) is 53.9 Å². The number of aromatic nitrogens is 1. The summed E-state index contributed by atoms with van der Waals surface area (Å²) in [4.78, 5) is 16.6. The molecule has 0 spiro atoms. The lowest BCUT2D eigenvalue weighted by Crippen LogP contribution is -2.05. The number of ether oxygens (including phenoxy) is 2. The van der Waals surface area contributed by atoms with Gasteiger partial charge in [-0.25, -0.2) is 9.78 Å². The Morgan fingerprint density at radius 1 is 1.17 bits per heavy atom. The van der Waals surface area contributed by atoms with Gasteiger partial charge in [0.1, 0.15) is 17.4 Å². The SMILES string of the molecule is COc1cccc(-c2nc(COC(=O)c3cccc(C)c3)cs2)c1. The van der Waals surface area contributed by atoms with Crippen LogP contribution >= 0.6 is 11.3 Å². The van der Waals surface area contributed by atoms with E-state index in [9.17, 15) is 4.79 Å². The number of methoxy groups -OCH3 is 1. The van der Waals surface area contributed by atoms with Crippen molar-refractivity contribution in [1.29, 1.82) is 0 Å². The summed E-state index contributed by atoms with van der Waals surface area (Å²) >= 11 is 1.51. The molecule has 2 aromatic carbocycles. The maximum absolute atomic E-state index is 12.1. The van der Waals surface area contributed by atoms with E-state index in [1.807, 2.05) is 54.8 Å². The van der Waals surface area contributed by atoms with Crippen LogP contribution in [0.25, 0.3) is 10.6 Å². The molecule has 24 heavy (non-hydrogen) atoms. The van der Waals surface area contributed by atoms with Crippen molar-refractivity contribution in [2.45, 2.75) is 13.5 Å². The highest BCUT2D eigenvalue weighted by Gasteiger charge is 2.10. The third kappa shape index (κ3) is 3.81. The van der Waals surface area contributed by atoms with Crippen molar-refractivity contribution in [2.24, 2.45) is 0 Å². The molecule has 0 unspecified atom stereocenters. The number of benzene rings is 2. The number of hydrogen-bond acceptors (Lipinski definition) is 5. The smallest absolute Gasteiger partial charge is 0.338 e. The standard InChI is InChI=1S/C19H17NO3S/c1-13-5-3-7-15(9-13)19(21)23-11-16-12-24-18(20-16)14-6-4-8-17(10-14)22-2/h3-10,12H,11H2,1-2H3. The highest BCUT2D eigenvalue weighted by molar-refractivity contribution is 7.13. The van der Waals surface area contributed by atoms with E-state index in [0.717, 1.165) is 27.6 Å². The molecule has 3 aromatic rings. The Hall–Kier alpha value is -2.66. The maximum atomic E-state index is 12.1. The van der Waals surface area contributed by atoms with Gasteiger partial charge in [0, 0.05) is 10.9 Å². The molecule has 4 nitrogen and oxygen atoms in total. The summed E-state index contributed by atoms with van der Waals surface area (Å²) in [5.74, 6) is 0.449. The van der Waals surface area contributed by atoms with E-state index in [1.165, 1.54) is 11.3 Å². The molecule has 0 aliphatic rings. The fraction of sp³-hybridized carbons (Fsp3) is 0.158. The molecule has 0 fully saturated rings. The van der Waals surface area contributed by atoms with E-state index < -0.39 is 0 Å². The van der Waals surface area contributed by atoms with E-state index >= 15 is 0 Å². The van der Waals surface area contributed by atoms with Gasteiger partial charge in [-0.2, -0.15) is 0 Å². The molecule has 0 amide bonds. The van der Waals surface area contributed by atoms with Crippen LogP contribution in [0.4, 0.5) is 0 Å². The lowest BCUT2D eigenvalue weighted by Gasteiger charge is -2.04. The second-order valence-electron chi connectivity index (χ2n) is 5.32. The van der Waals surface area contributed by atoms with E-state index in [1.54, 1.807) is 13.2 Å². The first-order valence-electron chi connectivity index (χ1n) is 7.48. The number of carbonyl (C=O) groups is 1. The molecule has 0 aliphatic carbocycles. The van der Waals surface area contributed by atoms with Crippen LogP contribution in [0.2, 0.25) is 0 Å². The number of rotatable bonds is 5. The summed E-state index contributed by atoms with van der Waals surface area (Å²) in [6, 6.07) is 15.1. The summed E-state index contributed by atoms with van der Waals surface area (Å²) in [6.07, 6.45) is 0. The Morgan fingerprint density at radius 2 is 2.00 bits per heavy atom. The molecule has 0 aliphatic heterocycles. The molecule has 122 valence electrons. The first kappa shape index (κ1) is 16.2. The summed E-state index contributed by atoms with van der Waals surface area (Å²) in [5, 5.41) is 2.77. The van der Waals surface area contributed by atoms with Gasteiger partial charge in [-0.05, 0) is 31.2 Å². The average molecular weight is 339 g/mol. The molecular formula is C19H17NO3S. The normalized spacial score (nSPS) is 10.4. The van der Waals surface area contributed by atoms with Gasteiger partial charge in [0.05, 0.1) is 18.4 Å². The predicted octanol–water partition coefficient (Wildman–Crippen LogP) is 4.48. The molecular weight excluding hydrogens is 322 g/mol. The molecule has 0 radical (unpaired) electrons. The van der Waals surface area contributed by atoms with Crippen molar-refractivity contribution in [3.63, 3.8) is 0 Å². The van der Waals surface area contributed by atoms with Gasteiger partial charge >= 0.3 is 5.97 Å². The molecule has 0 saturated heterocycles. The Kier molecular flexibility index (Phi) is 4.91. The summed E-state index contributed by atoms with van der Waals surface area (Å²) in [5.41, 5.74) is 3.30. The zero-order chi connectivity index (χ0) is 16.9. The van der Waals surface area contributed by atoms with Crippen molar-refractivity contribution in [2.75, 3.05) is 7.11 Å². The van der Waals surface area contributed by atoms with Crippen molar-refractivity contribution in [3.05, 3.63) is 70.7 Å². The van der Waals surface area contributed by atoms with Crippen LogP contribution < -0.4 is 4.74 Å². The minimum atomic E-state index is -0.338. The van der Waals surface area contributed by atoms with Crippen LogP contribution in [0.3, 0.4) is 0 Å². The molecule has 1 heterocycles. The van der Waals surface area contributed by atoms with Crippen LogP contribution in [-0.2, 0) is 11.3 Å². The number of thiazole rings is 1. The fourth-order valence-corrected chi connectivity index (χ4v) is 3.06. The molecule has 5 heteroatoms. The quantitative estimate of drug-likeness (QED) is 0.643. The molecule has 0 bridgehead atoms. The van der Waals surface area contributed by atoms with Crippen molar-refractivity contribution < 1.29 is 14.3 Å². The second-order valence-corrected chi connectivity index (χ2v) is 6.18. The number of nitrogens with zero attached hydrogens (tertiary/aromatic N) is 1. The van der Waals surface area contributed by atoms with Crippen molar-refractivity contribution in [1.82, 2.24) is 4.98 Å². The largest absolute Gasteiger partial charge is 0.497 e.